The van der Waals surface area contributed by atoms with Crippen molar-refractivity contribution in [2.45, 2.75) is 58.0 Å². The summed E-state index contributed by atoms with van der Waals surface area (Å²) in [5, 5.41) is 1.16. The first-order valence-electron chi connectivity index (χ1n) is 10.4. The van der Waals surface area contributed by atoms with E-state index in [1.165, 1.54) is 37.0 Å². The van der Waals surface area contributed by atoms with Crippen LogP contribution in [0.3, 0.4) is 0 Å². The summed E-state index contributed by atoms with van der Waals surface area (Å²) in [6.07, 6.45) is 7.10. The number of fused-ring (bicyclic) bond motifs is 4. The second kappa shape index (κ2) is 6.48. The molecule has 4 unspecified atom stereocenters. The zero-order valence-corrected chi connectivity index (χ0v) is 16.1. The lowest BCUT2D eigenvalue weighted by Gasteiger charge is -2.37. The molecule has 0 aliphatic heterocycles. The minimum Gasteiger partial charge on any atom is -0.382 e. The highest BCUT2D eigenvalue weighted by molar-refractivity contribution is 6.06. The van der Waals surface area contributed by atoms with E-state index in [1.54, 1.807) is 0 Å². The van der Waals surface area contributed by atoms with Gasteiger partial charge in [0.25, 0.3) is 0 Å². The number of nitrogen functional groups attached to an aromatic ring is 1. The van der Waals surface area contributed by atoms with Crippen molar-refractivity contribution in [2.24, 2.45) is 23.5 Å². The Bertz CT molecular complexity index is 991. The van der Waals surface area contributed by atoms with Crippen LogP contribution in [0.2, 0.25) is 0 Å². The zero-order chi connectivity index (χ0) is 18.5. The summed E-state index contributed by atoms with van der Waals surface area (Å²) >= 11 is 0. The summed E-state index contributed by atoms with van der Waals surface area (Å²) in [5.74, 6) is 4.00. The summed E-state index contributed by atoms with van der Waals surface area (Å²) in [5.41, 5.74) is 15.6. The second-order valence-corrected chi connectivity index (χ2v) is 8.61. The van der Waals surface area contributed by atoms with Crippen molar-refractivity contribution in [1.29, 1.82) is 0 Å². The Balaban J connectivity index is 1.61. The van der Waals surface area contributed by atoms with Crippen LogP contribution >= 0.6 is 0 Å². The van der Waals surface area contributed by atoms with Gasteiger partial charge in [0.1, 0.15) is 11.3 Å². The third-order valence-electron chi connectivity index (χ3n) is 6.86. The molecule has 4 N–H and O–H groups in total. The number of aryl methyl sites for hydroxylation is 1. The van der Waals surface area contributed by atoms with Gasteiger partial charge in [0.15, 0.2) is 5.82 Å². The van der Waals surface area contributed by atoms with Gasteiger partial charge < -0.3 is 16.0 Å². The normalized spacial score (nSPS) is 27.2. The number of rotatable bonds is 5. The Kier molecular flexibility index (Phi) is 4.08. The molecule has 1 aromatic carbocycles. The van der Waals surface area contributed by atoms with Gasteiger partial charge in [0.05, 0.1) is 11.0 Å². The van der Waals surface area contributed by atoms with Crippen LogP contribution in [0.1, 0.15) is 44.9 Å². The van der Waals surface area contributed by atoms with E-state index in [2.05, 4.69) is 28.6 Å². The van der Waals surface area contributed by atoms with E-state index in [4.69, 9.17) is 16.5 Å². The number of benzene rings is 1. The molecule has 27 heavy (non-hydrogen) atoms. The highest BCUT2D eigenvalue weighted by atomic mass is 15.1. The maximum atomic E-state index is 6.31. The van der Waals surface area contributed by atoms with Crippen LogP contribution in [0.5, 0.6) is 0 Å². The minimum absolute atomic E-state index is 0.430. The lowest BCUT2D eigenvalue weighted by molar-refractivity contribution is 0.173. The molecular weight excluding hydrogens is 334 g/mol. The molecule has 5 nitrogen and oxygen atoms in total. The topological polar surface area (TPSA) is 82.8 Å². The Morgan fingerprint density at radius 2 is 2.00 bits per heavy atom. The maximum Gasteiger partial charge on any atom is 0.152 e. The molecular formula is C22H29N5. The molecule has 2 aliphatic carbocycles. The van der Waals surface area contributed by atoms with Crippen LogP contribution in [0.4, 0.5) is 5.82 Å². The van der Waals surface area contributed by atoms with Gasteiger partial charge in [-0.15, -0.1) is 0 Å². The predicted molar refractivity (Wildman–Crippen MR) is 110 cm³/mol. The maximum absolute atomic E-state index is 6.31. The third kappa shape index (κ3) is 2.71. The number of pyridine rings is 1. The van der Waals surface area contributed by atoms with E-state index in [1.807, 2.05) is 12.1 Å². The van der Waals surface area contributed by atoms with Gasteiger partial charge in [-0.3, -0.25) is 0 Å². The van der Waals surface area contributed by atoms with E-state index >= 15 is 0 Å². The van der Waals surface area contributed by atoms with Crippen LogP contribution in [0.25, 0.3) is 21.9 Å². The first-order chi connectivity index (χ1) is 13.2. The van der Waals surface area contributed by atoms with Crippen LogP contribution in [0.15, 0.2) is 24.3 Å². The van der Waals surface area contributed by atoms with Crippen molar-refractivity contribution in [3.05, 3.63) is 30.1 Å². The molecule has 0 saturated heterocycles. The standard InChI is InChI=1S/C22H29N5/c1-2-3-8-19-26-20-21(15-6-4-5-7-18(15)25-22(20)24)27(19)12-13-9-14-11-17(23)16(14)10-13/h4-7,13-14,16-17H,2-3,8-12,23H2,1H3,(H2,24,25). The van der Waals surface area contributed by atoms with Crippen molar-refractivity contribution in [1.82, 2.24) is 14.5 Å². The van der Waals surface area contributed by atoms with Crippen LogP contribution in [-0.4, -0.2) is 20.6 Å². The third-order valence-corrected chi connectivity index (χ3v) is 6.86. The number of nitrogens with zero attached hydrogens (tertiary/aromatic N) is 3. The smallest absolute Gasteiger partial charge is 0.152 e. The van der Waals surface area contributed by atoms with Crippen LogP contribution < -0.4 is 11.5 Å². The quantitative estimate of drug-likeness (QED) is 0.720. The molecule has 3 aromatic rings. The largest absolute Gasteiger partial charge is 0.382 e. The average molecular weight is 364 g/mol. The van der Waals surface area contributed by atoms with Gasteiger partial charge in [0, 0.05) is 24.4 Å². The molecule has 2 fully saturated rings. The summed E-state index contributed by atoms with van der Waals surface area (Å²) in [6, 6.07) is 8.73. The molecule has 4 atom stereocenters. The van der Waals surface area contributed by atoms with Crippen LogP contribution in [-0.2, 0) is 13.0 Å². The number of para-hydroxylation sites is 1. The number of hydrogen-bond donors (Lipinski definition) is 2. The average Bonchev–Trinajstić information content (AvgIpc) is 3.19. The number of unbranched alkanes of at least 4 members (excludes halogenated alkanes) is 1. The van der Waals surface area contributed by atoms with Gasteiger partial charge in [-0.05, 0) is 49.5 Å². The summed E-state index contributed by atoms with van der Waals surface area (Å²) in [4.78, 5) is 9.56. The SMILES string of the molecule is CCCCc1nc2c(N)nc3ccccc3c2n1CC1CC2CC(N)C2C1. The lowest BCUT2D eigenvalue weighted by Crippen LogP contribution is -2.44. The predicted octanol–water partition coefficient (Wildman–Crippen LogP) is 3.88. The molecule has 5 rings (SSSR count). The van der Waals surface area contributed by atoms with E-state index in [9.17, 15) is 0 Å². The van der Waals surface area contributed by atoms with Crippen molar-refractivity contribution < 1.29 is 0 Å². The number of aromatic nitrogens is 3. The van der Waals surface area contributed by atoms with E-state index in [-0.39, 0.29) is 0 Å². The fourth-order valence-corrected chi connectivity index (χ4v) is 5.44. The number of imidazole rings is 1. The molecule has 2 saturated carbocycles. The van der Waals surface area contributed by atoms with Gasteiger partial charge in [-0.2, -0.15) is 0 Å². The van der Waals surface area contributed by atoms with Crippen molar-refractivity contribution in [2.75, 3.05) is 5.73 Å². The van der Waals surface area contributed by atoms with Gasteiger partial charge in [-0.1, -0.05) is 31.5 Å². The molecule has 2 aromatic heterocycles. The molecule has 142 valence electrons. The number of hydrogen-bond acceptors (Lipinski definition) is 4. The molecule has 2 aliphatic rings. The number of anilines is 1. The first-order valence-corrected chi connectivity index (χ1v) is 10.4. The fraction of sp³-hybridized carbons (Fsp3) is 0.545. The molecule has 0 bridgehead atoms. The highest BCUT2D eigenvalue weighted by Gasteiger charge is 2.45. The number of nitrogens with two attached hydrogens (primary N) is 2. The summed E-state index contributed by atoms with van der Waals surface area (Å²) in [7, 11) is 0. The monoisotopic (exact) mass is 363 g/mol. The molecule has 2 heterocycles. The van der Waals surface area contributed by atoms with E-state index in [0.717, 1.165) is 47.6 Å². The van der Waals surface area contributed by atoms with Crippen molar-refractivity contribution >= 4 is 27.8 Å². The lowest BCUT2D eigenvalue weighted by atomic mass is 9.72. The van der Waals surface area contributed by atoms with Crippen LogP contribution in [0, 0.1) is 17.8 Å². The van der Waals surface area contributed by atoms with Crippen molar-refractivity contribution in [3.63, 3.8) is 0 Å². The first kappa shape index (κ1) is 17.0. The molecule has 0 amide bonds. The zero-order valence-electron chi connectivity index (χ0n) is 16.1. The van der Waals surface area contributed by atoms with Gasteiger partial charge in [0.2, 0.25) is 0 Å². The van der Waals surface area contributed by atoms with E-state index in [0.29, 0.717) is 17.8 Å². The van der Waals surface area contributed by atoms with Crippen molar-refractivity contribution in [3.8, 4) is 0 Å². The summed E-state index contributed by atoms with van der Waals surface area (Å²) < 4.78 is 2.46. The Morgan fingerprint density at radius 3 is 2.78 bits per heavy atom. The van der Waals surface area contributed by atoms with E-state index < -0.39 is 0 Å². The molecule has 0 spiro atoms. The molecule has 0 radical (unpaired) electrons. The van der Waals surface area contributed by atoms with Gasteiger partial charge >= 0.3 is 0 Å². The Morgan fingerprint density at radius 1 is 1.15 bits per heavy atom. The van der Waals surface area contributed by atoms with Gasteiger partial charge in [-0.25, -0.2) is 9.97 Å². The Hall–Kier alpha value is -2.14. The summed E-state index contributed by atoms with van der Waals surface area (Å²) in [6.45, 7) is 3.26. The minimum atomic E-state index is 0.430. The fourth-order valence-electron chi connectivity index (χ4n) is 5.44. The molecule has 5 heteroatoms. The highest BCUT2D eigenvalue weighted by Crippen LogP contribution is 2.49. The second-order valence-electron chi connectivity index (χ2n) is 8.61. The Labute approximate surface area is 160 Å².